The van der Waals surface area contributed by atoms with E-state index in [9.17, 15) is 99.2 Å². The van der Waals surface area contributed by atoms with Crippen molar-refractivity contribution >= 4 is 65.8 Å². The van der Waals surface area contributed by atoms with Crippen LogP contribution in [-0.2, 0) is 97.3 Å². The first-order chi connectivity index (χ1) is 44.6. The zero-order valence-corrected chi connectivity index (χ0v) is 54.3. The van der Waals surface area contributed by atoms with Gasteiger partial charge in [0.1, 0.15) is 73.1 Å². The summed E-state index contributed by atoms with van der Waals surface area (Å²) in [7, 11) is 0. The summed E-state index contributed by atoms with van der Waals surface area (Å²) < 4.78 is 54.7. The smallest absolute Gasteiger partial charge is 0.321 e. The molecule has 0 aromatic heterocycles. The van der Waals surface area contributed by atoms with Gasteiger partial charge in [-0.05, 0) is 24.6 Å². The Morgan fingerprint density at radius 2 is 0.862 bits per heavy atom. The molecule has 19 N–H and O–H groups in total. The summed E-state index contributed by atoms with van der Waals surface area (Å²) in [6.07, 6.45) is -18.4. The van der Waals surface area contributed by atoms with Gasteiger partial charge in [-0.3, -0.25) is 43.3 Å². The van der Waals surface area contributed by atoms with Crippen LogP contribution in [0.2, 0.25) is 0 Å². The predicted molar refractivity (Wildman–Crippen MR) is 321 cm³/mol. The fraction of sp³-hybridized carbons (Fsp3) is 0.849. The lowest BCUT2D eigenvalue weighted by atomic mass is 9.97. The van der Waals surface area contributed by atoms with Crippen molar-refractivity contribution in [3.05, 3.63) is 0 Å². The minimum atomic E-state index is -4.06. The van der Waals surface area contributed by atoms with E-state index in [-0.39, 0.29) is 138 Å². The number of rotatable bonds is 46. The largest absolute Gasteiger partial charge is 0.394 e. The number of carbonyl (C=O) groups is 8. The molecule has 8 amide bonds. The Hall–Kier alpha value is -4.51. The van der Waals surface area contributed by atoms with Gasteiger partial charge in [-0.25, -0.2) is 0 Å². The van der Waals surface area contributed by atoms with Gasteiger partial charge >= 0.3 is 6.72 Å². The van der Waals surface area contributed by atoms with Crippen LogP contribution in [0.5, 0.6) is 0 Å². The van der Waals surface area contributed by atoms with E-state index in [0.717, 1.165) is 0 Å². The first-order valence-corrected chi connectivity index (χ1v) is 32.9. The normalized spacial score (nSPS) is 26.6. The second-order valence-corrected chi connectivity index (χ2v) is 24.4. The molecule has 0 radical (unpaired) electrons. The van der Waals surface area contributed by atoms with Gasteiger partial charge in [0.25, 0.3) is 0 Å². The van der Waals surface area contributed by atoms with Crippen LogP contribution in [0.1, 0.15) is 46.5 Å². The number of hydrogen-bond donors (Lipinski definition) is 19. The zero-order chi connectivity index (χ0) is 69.9. The van der Waals surface area contributed by atoms with Gasteiger partial charge in [0.05, 0.1) is 112 Å². The number of nitrogens with one attached hydrogen (secondary N) is 7. The molecule has 94 heavy (non-hydrogen) atoms. The van der Waals surface area contributed by atoms with E-state index < -0.39 is 185 Å². The van der Waals surface area contributed by atoms with Gasteiger partial charge in [0.15, 0.2) is 18.9 Å². The van der Waals surface area contributed by atoms with Gasteiger partial charge < -0.3 is 150 Å². The topological polar surface area (TPSA) is 562 Å². The van der Waals surface area contributed by atoms with E-state index >= 15 is 0 Å². The first-order valence-electron chi connectivity index (χ1n) is 30.3. The Balaban J connectivity index is 1.64. The predicted octanol–water partition coefficient (Wildman–Crippen LogP) is -11.3. The maximum Gasteiger partial charge on any atom is 0.321 e. The van der Waals surface area contributed by atoms with Crippen molar-refractivity contribution in [2.24, 2.45) is 0 Å². The van der Waals surface area contributed by atoms with Gasteiger partial charge in [0, 0.05) is 72.9 Å². The third-order valence-corrected chi connectivity index (χ3v) is 14.9. The summed E-state index contributed by atoms with van der Waals surface area (Å²) >= 11 is 4.35. The Labute approximate surface area is 546 Å². The van der Waals surface area contributed by atoms with Crippen molar-refractivity contribution in [2.75, 3.05) is 145 Å². The highest BCUT2D eigenvalue weighted by Crippen LogP contribution is 2.36. The highest BCUT2D eigenvalue weighted by molar-refractivity contribution is 8.06. The fourth-order valence-corrected chi connectivity index (χ4v) is 10.0. The molecule has 0 aromatic carbocycles. The standard InChI is InChI=1S/C53H96N9O30PS/c1-30(66)58-42-48(78)45(75)34(26-63)90-51(42)86-19-16-83-13-8-54-38(71)23-61(24-39(72)55-9-14-84-17-20-87-52-43(59-31(2)67)49(79)46(76)35(27-64)91-52)11-5-12-62(41(74)7-4-6-37(70)57-22-33(69)29-89-93(81,82)94)25-40(73)56-10-15-85-18-21-88-53-44(60-32(3)68)50(80)47(77)36(28-65)92-53/h33-36,42-53,63-65,69,75-80H,4-29H2,1-3H3,(H,54,71)(H,55,72)(H,56,73)(H,57,70)(H,58,66)(H,59,67)(H,60,68)(H2,81,82,94)/t33-,34?,35?,36?,42?,43?,44?,45?,46?,47?,48?,49?,50?,51?,52?,53?/m0/s1. The molecule has 15 unspecified atom stereocenters. The minimum absolute atomic E-state index is 0.0196. The lowest BCUT2D eigenvalue weighted by molar-refractivity contribution is -0.272. The monoisotopic (exact) mass is 1400 g/mol. The van der Waals surface area contributed by atoms with E-state index in [2.05, 4.69) is 53.5 Å². The SMILES string of the molecule is CC(=O)NC1C(OCCOCCNC(=O)CN(CCCN(CC(=O)NCCOCCOC2OC(CO)C(O)C(O)C2NC(C)=O)C(=O)CCCC(=O)NC[C@H](O)COP(O)(O)=S)CC(=O)NCCOCCOC2OC(CO)C(O)C(O)C2NC(C)=O)OC(CO)C(O)C1O. The summed E-state index contributed by atoms with van der Waals surface area (Å²) in [6.45, 7) is -5.78. The van der Waals surface area contributed by atoms with Gasteiger partial charge in [-0.15, -0.1) is 0 Å². The van der Waals surface area contributed by atoms with E-state index in [1.807, 2.05) is 0 Å². The summed E-state index contributed by atoms with van der Waals surface area (Å²) in [5.41, 5.74) is 0. The zero-order valence-electron chi connectivity index (χ0n) is 52.6. The Morgan fingerprint density at radius 1 is 0.489 bits per heavy atom. The molecule has 3 heterocycles. The molecule has 0 aromatic rings. The van der Waals surface area contributed by atoms with Crippen LogP contribution in [0.25, 0.3) is 0 Å². The molecule has 16 atom stereocenters. The highest BCUT2D eigenvalue weighted by atomic mass is 32.5. The number of ether oxygens (including phenoxy) is 9. The molecule has 3 saturated heterocycles. The van der Waals surface area contributed by atoms with E-state index in [4.69, 9.17) is 42.6 Å². The van der Waals surface area contributed by atoms with Crippen molar-refractivity contribution < 1.29 is 146 Å². The van der Waals surface area contributed by atoms with Gasteiger partial charge in [-0.2, -0.15) is 0 Å². The Kier molecular flexibility index (Phi) is 40.2. The minimum Gasteiger partial charge on any atom is -0.394 e. The summed E-state index contributed by atoms with van der Waals surface area (Å²) in [6, 6.07) is -3.55. The lowest BCUT2D eigenvalue weighted by Crippen LogP contribution is -2.64. The molecule has 0 saturated carbocycles. The van der Waals surface area contributed by atoms with E-state index in [1.54, 1.807) is 0 Å². The number of aliphatic hydroxyl groups is 10. The average molecular weight is 1400 g/mol. The number of aliphatic hydroxyl groups excluding tert-OH is 10. The third kappa shape index (κ3) is 32.2. The second kappa shape index (κ2) is 45.1. The summed E-state index contributed by atoms with van der Waals surface area (Å²) in [4.78, 5) is 123. The maximum atomic E-state index is 13.8. The molecular formula is C53H96N9O30PS. The van der Waals surface area contributed by atoms with Gasteiger partial charge in [0.2, 0.25) is 47.3 Å². The van der Waals surface area contributed by atoms with Crippen LogP contribution < -0.4 is 37.2 Å². The first kappa shape index (κ1) is 83.7. The van der Waals surface area contributed by atoms with Crippen LogP contribution >= 0.6 is 6.72 Å². The average Bonchev–Trinajstić information content (AvgIpc) is 0.831. The lowest BCUT2D eigenvalue weighted by Gasteiger charge is -2.42. The van der Waals surface area contributed by atoms with E-state index in [1.165, 1.54) is 30.6 Å². The number of carbonyl (C=O) groups excluding carboxylic acids is 8. The van der Waals surface area contributed by atoms with Crippen molar-refractivity contribution in [1.29, 1.82) is 0 Å². The molecule has 544 valence electrons. The molecule has 0 bridgehead atoms. The van der Waals surface area contributed by atoms with E-state index in [0.29, 0.717) is 0 Å². The fourth-order valence-electron chi connectivity index (χ4n) is 9.46. The van der Waals surface area contributed by atoms with Crippen molar-refractivity contribution in [3.63, 3.8) is 0 Å². The molecule has 3 aliphatic rings. The number of amides is 8. The summed E-state index contributed by atoms with van der Waals surface area (Å²) in [5, 5.41) is 119. The molecule has 3 aliphatic heterocycles. The van der Waals surface area contributed by atoms with Crippen molar-refractivity contribution in [3.8, 4) is 0 Å². The van der Waals surface area contributed by atoms with Gasteiger partial charge in [-0.1, -0.05) is 0 Å². The van der Waals surface area contributed by atoms with Crippen molar-refractivity contribution in [2.45, 2.75) is 144 Å². The second-order valence-electron chi connectivity index (χ2n) is 21.8. The van der Waals surface area contributed by atoms with Crippen LogP contribution in [0, 0.1) is 0 Å². The highest BCUT2D eigenvalue weighted by Gasteiger charge is 2.48. The van der Waals surface area contributed by atoms with Crippen molar-refractivity contribution in [1.82, 2.24) is 47.0 Å². The number of hydrogen-bond acceptors (Lipinski definition) is 30. The maximum absolute atomic E-state index is 13.8. The molecule has 39 nitrogen and oxygen atoms in total. The molecule has 0 aliphatic carbocycles. The molecule has 3 rings (SSSR count). The molecule has 3 fully saturated rings. The molecule has 0 spiro atoms. The Bertz CT molecular complexity index is 2270. The van der Waals surface area contributed by atoms with Crippen LogP contribution in [-0.4, -0.2) is 361 Å². The quantitative estimate of drug-likeness (QED) is 0.0199. The molecular weight excluding hydrogens is 1310 g/mol. The van der Waals surface area contributed by atoms with Crippen LogP contribution in [0.15, 0.2) is 0 Å². The van der Waals surface area contributed by atoms with Crippen LogP contribution in [0.3, 0.4) is 0 Å². The third-order valence-electron chi connectivity index (χ3n) is 14.1. The number of nitrogens with zero attached hydrogens (tertiary/aromatic N) is 2. The summed E-state index contributed by atoms with van der Waals surface area (Å²) in [5.74, 6) is -4.57. The molecule has 41 heteroatoms. The van der Waals surface area contributed by atoms with Crippen LogP contribution in [0.4, 0.5) is 0 Å². The Morgan fingerprint density at radius 3 is 1.21 bits per heavy atom.